The molecule has 2 aromatic rings. The van der Waals surface area contributed by atoms with Gasteiger partial charge in [-0.2, -0.15) is 23.1 Å². The normalized spacial score (nSPS) is 18.7. The maximum absolute atomic E-state index is 14.0. The Morgan fingerprint density at radius 3 is 2.68 bits per heavy atom. The maximum Gasteiger partial charge on any atom is 0.419 e. The minimum absolute atomic E-state index is 0.0318. The number of hydrogen-bond donors (Lipinski definition) is 0. The van der Waals surface area contributed by atoms with E-state index in [1.165, 1.54) is 35.9 Å². The molecule has 0 N–H and O–H groups in total. The van der Waals surface area contributed by atoms with E-state index in [0.717, 1.165) is 12.1 Å². The predicted octanol–water partition coefficient (Wildman–Crippen LogP) is 4.85. The molecule has 236 valence electrons. The molecule has 1 saturated heterocycles. The van der Waals surface area contributed by atoms with Crippen LogP contribution < -0.4 is 14.5 Å². The lowest BCUT2D eigenvalue weighted by molar-refractivity contribution is -0.137. The second kappa shape index (κ2) is 13.2. The van der Waals surface area contributed by atoms with Crippen LogP contribution in [0.4, 0.5) is 29.1 Å². The number of benzene rings is 1. The average molecular weight is 636 g/mol. The molecule has 14 heteroatoms. The summed E-state index contributed by atoms with van der Waals surface area (Å²) in [6, 6.07) is 3.61. The number of amides is 1. The predicted molar refractivity (Wildman–Crippen MR) is 158 cm³/mol. The highest BCUT2D eigenvalue weighted by Gasteiger charge is 2.39. The fourth-order valence-corrected chi connectivity index (χ4v) is 6.11. The fourth-order valence-electron chi connectivity index (χ4n) is 5.83. The summed E-state index contributed by atoms with van der Waals surface area (Å²) < 4.78 is 61.8. The third-order valence-electron chi connectivity index (χ3n) is 8.19. The van der Waals surface area contributed by atoms with Crippen LogP contribution in [0.25, 0.3) is 4.85 Å². The quantitative estimate of drug-likeness (QED) is 0.210. The largest absolute Gasteiger partial charge is 0.462 e. The number of likely N-dealkylation sites (N-methyl/N-ethyl adjacent to an activating group) is 1. The Morgan fingerprint density at radius 2 is 2.00 bits per heavy atom. The van der Waals surface area contributed by atoms with Gasteiger partial charge in [-0.25, -0.2) is 11.0 Å². The number of nitrogens with zero attached hydrogens (tertiary/aromatic N) is 7. The topological polar surface area (TPSA) is 69.4 Å². The molecule has 44 heavy (non-hydrogen) atoms. The Balaban J connectivity index is 1.44. The molecular weight excluding hydrogens is 602 g/mol. The standard InChI is InChI=1S/C30H34ClF4N7O2/c1-19(32)28(43)42-12-11-41(17-21(42)15-36-2)27-22-9-10-40(25-6-4-5-23(31)26(25)30(33,34)35)18-24(22)37-29(38-27)44-14-13-39(3)16-20-7-8-20/h4-6,20-21H,1,7-18H2,3H3/t21-/m0/s1. The van der Waals surface area contributed by atoms with Crippen LogP contribution in [0.15, 0.2) is 30.6 Å². The number of piperazine rings is 1. The monoisotopic (exact) mass is 635 g/mol. The minimum Gasteiger partial charge on any atom is -0.462 e. The highest BCUT2D eigenvalue weighted by Crippen LogP contribution is 2.43. The van der Waals surface area contributed by atoms with E-state index >= 15 is 0 Å². The Bertz CT molecular complexity index is 1450. The van der Waals surface area contributed by atoms with Crippen LogP contribution in [-0.4, -0.2) is 91.2 Å². The molecule has 1 aromatic carbocycles. The van der Waals surface area contributed by atoms with Gasteiger partial charge in [0, 0.05) is 44.8 Å². The summed E-state index contributed by atoms with van der Waals surface area (Å²) in [7, 11) is 2.02. The van der Waals surface area contributed by atoms with E-state index in [9.17, 15) is 22.4 Å². The molecule has 2 fully saturated rings. The van der Waals surface area contributed by atoms with Crippen LogP contribution in [0, 0.1) is 12.5 Å². The number of fused-ring (bicyclic) bond motifs is 1. The summed E-state index contributed by atoms with van der Waals surface area (Å²) in [5.74, 6) is -0.678. The summed E-state index contributed by atoms with van der Waals surface area (Å²) in [6.45, 7) is 13.4. The number of ether oxygens (including phenoxy) is 1. The van der Waals surface area contributed by atoms with Crippen LogP contribution in [0.3, 0.4) is 0 Å². The number of carbonyl (C=O) groups is 1. The van der Waals surface area contributed by atoms with Gasteiger partial charge in [0.15, 0.2) is 5.83 Å². The van der Waals surface area contributed by atoms with Gasteiger partial charge in [0.05, 0.1) is 28.5 Å². The Morgan fingerprint density at radius 1 is 1.23 bits per heavy atom. The highest BCUT2D eigenvalue weighted by molar-refractivity contribution is 6.31. The summed E-state index contributed by atoms with van der Waals surface area (Å²) >= 11 is 6.02. The lowest BCUT2D eigenvalue weighted by Crippen LogP contribution is -2.57. The number of alkyl halides is 3. The molecule has 1 saturated carbocycles. The van der Waals surface area contributed by atoms with Crippen molar-refractivity contribution in [2.45, 2.75) is 38.0 Å². The van der Waals surface area contributed by atoms with Crippen molar-refractivity contribution in [3.05, 3.63) is 63.9 Å². The maximum atomic E-state index is 14.0. The first-order valence-electron chi connectivity index (χ1n) is 14.5. The summed E-state index contributed by atoms with van der Waals surface area (Å²) in [4.78, 5) is 32.3. The molecular formula is C30H34ClF4N7O2. The zero-order valence-electron chi connectivity index (χ0n) is 24.4. The van der Waals surface area contributed by atoms with Crippen molar-refractivity contribution in [1.82, 2.24) is 19.8 Å². The van der Waals surface area contributed by atoms with Crippen LogP contribution >= 0.6 is 11.6 Å². The lowest BCUT2D eigenvalue weighted by Gasteiger charge is -2.41. The van der Waals surface area contributed by atoms with Crippen LogP contribution in [-0.2, 0) is 23.9 Å². The van der Waals surface area contributed by atoms with E-state index in [0.29, 0.717) is 43.5 Å². The van der Waals surface area contributed by atoms with Gasteiger partial charge in [-0.3, -0.25) is 4.79 Å². The fraction of sp³-hybridized carbons (Fsp3) is 0.533. The van der Waals surface area contributed by atoms with Gasteiger partial charge in [-0.1, -0.05) is 24.2 Å². The van der Waals surface area contributed by atoms with E-state index < -0.39 is 29.5 Å². The van der Waals surface area contributed by atoms with E-state index in [-0.39, 0.29) is 49.4 Å². The first kappa shape index (κ1) is 31.8. The number of aromatic nitrogens is 2. The van der Waals surface area contributed by atoms with Crippen molar-refractivity contribution >= 4 is 29.0 Å². The summed E-state index contributed by atoms with van der Waals surface area (Å²) in [5, 5.41) is -0.377. The van der Waals surface area contributed by atoms with Gasteiger partial charge < -0.3 is 29.2 Å². The number of hydrogen-bond acceptors (Lipinski definition) is 7. The molecule has 0 bridgehead atoms. The number of anilines is 2. The molecule has 3 aliphatic rings. The van der Waals surface area contributed by atoms with Crippen molar-refractivity contribution in [1.29, 1.82) is 0 Å². The molecule has 1 atom stereocenters. The smallest absolute Gasteiger partial charge is 0.419 e. The third-order valence-corrected chi connectivity index (χ3v) is 8.50. The van der Waals surface area contributed by atoms with Gasteiger partial charge in [0.1, 0.15) is 18.5 Å². The molecule has 0 unspecified atom stereocenters. The van der Waals surface area contributed by atoms with E-state index in [1.54, 1.807) is 4.90 Å². The van der Waals surface area contributed by atoms with Gasteiger partial charge in [-0.15, -0.1) is 0 Å². The van der Waals surface area contributed by atoms with Crippen molar-refractivity contribution in [3.63, 3.8) is 0 Å². The molecule has 2 aliphatic heterocycles. The Labute approximate surface area is 258 Å². The van der Waals surface area contributed by atoms with E-state index in [1.807, 2.05) is 11.9 Å². The summed E-state index contributed by atoms with van der Waals surface area (Å²) in [5.41, 5.74) is 0.349. The molecule has 1 amide bonds. The molecule has 0 spiro atoms. The average Bonchev–Trinajstić information content (AvgIpc) is 3.79. The van der Waals surface area contributed by atoms with Gasteiger partial charge >= 0.3 is 12.2 Å². The van der Waals surface area contributed by atoms with Crippen molar-refractivity contribution in [2.24, 2.45) is 5.92 Å². The second-order valence-corrected chi connectivity index (χ2v) is 11.9. The summed E-state index contributed by atoms with van der Waals surface area (Å²) in [6.07, 6.45) is -1.85. The van der Waals surface area contributed by atoms with Gasteiger partial charge in [0.2, 0.25) is 6.54 Å². The zero-order chi connectivity index (χ0) is 31.6. The molecule has 1 aliphatic carbocycles. The Kier molecular flexibility index (Phi) is 9.51. The van der Waals surface area contributed by atoms with Crippen molar-refractivity contribution in [3.8, 4) is 6.01 Å². The van der Waals surface area contributed by atoms with E-state index in [2.05, 4.69) is 21.3 Å². The second-order valence-electron chi connectivity index (χ2n) is 11.5. The molecule has 9 nitrogen and oxygen atoms in total. The molecule has 5 rings (SSSR count). The van der Waals surface area contributed by atoms with E-state index in [4.69, 9.17) is 27.9 Å². The van der Waals surface area contributed by atoms with Gasteiger partial charge in [0.25, 0.3) is 5.91 Å². The van der Waals surface area contributed by atoms with Crippen LogP contribution in [0.1, 0.15) is 29.7 Å². The number of halogens is 5. The lowest BCUT2D eigenvalue weighted by atomic mass is 10.0. The van der Waals surface area contributed by atoms with Crippen molar-refractivity contribution in [2.75, 3.05) is 69.3 Å². The molecule has 3 heterocycles. The third kappa shape index (κ3) is 7.18. The SMILES string of the molecule is [C-]#[N+]C[C@H]1CN(c2nc(OCCN(C)CC3CC3)nc3c2CCN(c2cccc(Cl)c2C(F)(F)F)C3)CCN1C(=O)C(=C)F. The minimum atomic E-state index is -4.65. The number of rotatable bonds is 10. The van der Waals surface area contributed by atoms with Crippen LogP contribution in [0.2, 0.25) is 5.02 Å². The first-order chi connectivity index (χ1) is 21.0. The first-order valence-corrected chi connectivity index (χ1v) is 14.9. The van der Waals surface area contributed by atoms with Gasteiger partial charge in [-0.05, 0) is 44.4 Å². The Hall–Kier alpha value is -3.63. The van der Waals surface area contributed by atoms with Crippen LogP contribution in [0.5, 0.6) is 6.01 Å². The van der Waals surface area contributed by atoms with Crippen molar-refractivity contribution < 1.29 is 27.1 Å². The highest BCUT2D eigenvalue weighted by atomic mass is 35.5. The number of carbonyl (C=O) groups excluding carboxylic acids is 1. The molecule has 0 radical (unpaired) electrons. The molecule has 1 aromatic heterocycles. The zero-order valence-corrected chi connectivity index (χ0v) is 25.2.